The second-order valence-corrected chi connectivity index (χ2v) is 7.09. The van der Waals surface area contributed by atoms with Crippen LogP contribution >= 0.6 is 11.8 Å². The van der Waals surface area contributed by atoms with Gasteiger partial charge in [0.2, 0.25) is 5.91 Å². The first-order valence-corrected chi connectivity index (χ1v) is 9.70. The number of hydrogen-bond acceptors (Lipinski definition) is 4. The molecule has 0 radical (unpaired) electrons. The summed E-state index contributed by atoms with van der Waals surface area (Å²) in [5.74, 6) is 1.82. The number of amides is 1. The van der Waals surface area contributed by atoms with Gasteiger partial charge in [-0.1, -0.05) is 29.8 Å². The van der Waals surface area contributed by atoms with E-state index in [0.29, 0.717) is 11.6 Å². The average molecular weight is 366 g/mol. The molecule has 1 N–H and O–H groups in total. The lowest BCUT2D eigenvalue weighted by atomic mass is 10.2. The van der Waals surface area contributed by atoms with Crippen molar-refractivity contribution >= 4 is 23.5 Å². The number of benzene rings is 1. The monoisotopic (exact) mass is 366 g/mol. The fourth-order valence-corrected chi connectivity index (χ4v) is 3.36. The normalized spacial score (nSPS) is 10.7. The summed E-state index contributed by atoms with van der Waals surface area (Å²) in [6.07, 6.45) is 6.34. The maximum atomic E-state index is 12.1. The Morgan fingerprint density at radius 1 is 1.15 bits per heavy atom. The van der Waals surface area contributed by atoms with Crippen LogP contribution in [0.1, 0.15) is 16.7 Å². The Kier molecular flexibility index (Phi) is 6.44. The van der Waals surface area contributed by atoms with Gasteiger partial charge in [-0.05, 0) is 36.6 Å². The molecule has 0 saturated carbocycles. The summed E-state index contributed by atoms with van der Waals surface area (Å²) in [4.78, 5) is 16.1. The highest BCUT2D eigenvalue weighted by molar-refractivity contribution is 7.99. The van der Waals surface area contributed by atoms with E-state index in [4.69, 9.17) is 0 Å². The molecule has 2 aromatic heterocycles. The largest absolute Gasteiger partial charge is 0.308 e. The van der Waals surface area contributed by atoms with Gasteiger partial charge in [0, 0.05) is 37.0 Å². The van der Waals surface area contributed by atoms with Gasteiger partial charge in [0.1, 0.15) is 0 Å². The molecule has 0 spiro atoms. The number of rotatable bonds is 8. The first-order chi connectivity index (χ1) is 12.7. The molecule has 1 amide bonds. The van der Waals surface area contributed by atoms with Crippen LogP contribution in [-0.2, 0) is 23.5 Å². The number of nitrogens with one attached hydrogen (secondary N) is 1. The minimum atomic E-state index is -0.0259. The van der Waals surface area contributed by atoms with Gasteiger partial charge in [-0.2, -0.15) is 5.10 Å². The lowest BCUT2D eigenvalue weighted by molar-refractivity contribution is -0.113. The van der Waals surface area contributed by atoms with Gasteiger partial charge in [-0.3, -0.25) is 14.5 Å². The number of carbonyl (C=O) groups is 1. The van der Waals surface area contributed by atoms with E-state index in [1.165, 1.54) is 16.7 Å². The molecule has 2 heterocycles. The highest BCUT2D eigenvalue weighted by Crippen LogP contribution is 2.14. The third-order valence-corrected chi connectivity index (χ3v) is 4.88. The maximum Gasteiger partial charge on any atom is 0.235 e. The van der Waals surface area contributed by atoms with Gasteiger partial charge >= 0.3 is 0 Å². The number of carbonyl (C=O) groups excluding carboxylic acids is 1. The van der Waals surface area contributed by atoms with Gasteiger partial charge in [-0.25, -0.2) is 0 Å². The molecule has 3 aromatic rings. The SMILES string of the molecule is Cc1cccc(CSCC(=O)Nc2ccn(CCc3ccncc3)n2)c1. The van der Waals surface area contributed by atoms with Gasteiger partial charge < -0.3 is 5.32 Å². The molecule has 26 heavy (non-hydrogen) atoms. The van der Waals surface area contributed by atoms with Crippen molar-refractivity contribution in [1.82, 2.24) is 14.8 Å². The first-order valence-electron chi connectivity index (χ1n) is 8.54. The van der Waals surface area contributed by atoms with Crippen LogP contribution in [0.5, 0.6) is 0 Å². The summed E-state index contributed by atoms with van der Waals surface area (Å²) in [6.45, 7) is 2.84. The maximum absolute atomic E-state index is 12.1. The third-order valence-electron chi connectivity index (χ3n) is 3.87. The molecule has 3 rings (SSSR count). The summed E-state index contributed by atoms with van der Waals surface area (Å²) in [5, 5.41) is 7.26. The third kappa shape index (κ3) is 5.74. The van der Waals surface area contributed by atoms with Crippen LogP contribution in [0.15, 0.2) is 61.1 Å². The summed E-state index contributed by atoms with van der Waals surface area (Å²) in [7, 11) is 0. The molecule has 0 fully saturated rings. The Morgan fingerprint density at radius 2 is 2.00 bits per heavy atom. The van der Waals surface area contributed by atoms with Crippen molar-refractivity contribution in [2.75, 3.05) is 11.1 Å². The Hall–Kier alpha value is -2.60. The van der Waals surface area contributed by atoms with E-state index in [1.807, 2.05) is 35.1 Å². The van der Waals surface area contributed by atoms with Crippen LogP contribution in [0.25, 0.3) is 0 Å². The number of aromatic nitrogens is 3. The molecule has 0 saturated heterocycles. The number of aryl methyl sites for hydroxylation is 3. The van der Waals surface area contributed by atoms with Crippen molar-refractivity contribution in [2.45, 2.75) is 25.6 Å². The molecule has 0 aliphatic carbocycles. The summed E-state index contributed by atoms with van der Waals surface area (Å²) in [5.41, 5.74) is 3.70. The Morgan fingerprint density at radius 3 is 2.81 bits per heavy atom. The number of hydrogen-bond donors (Lipinski definition) is 1. The Labute approximate surface area is 157 Å². The molecular weight excluding hydrogens is 344 g/mol. The molecule has 1 aromatic carbocycles. The van der Waals surface area contributed by atoms with E-state index in [0.717, 1.165) is 18.7 Å². The van der Waals surface area contributed by atoms with Crippen LogP contribution in [0, 0.1) is 6.92 Å². The molecule has 6 heteroatoms. The fourth-order valence-electron chi connectivity index (χ4n) is 2.59. The van der Waals surface area contributed by atoms with Crippen LogP contribution in [-0.4, -0.2) is 26.4 Å². The predicted molar refractivity (Wildman–Crippen MR) is 106 cm³/mol. The fraction of sp³-hybridized carbons (Fsp3) is 0.250. The van der Waals surface area contributed by atoms with Crippen molar-refractivity contribution < 1.29 is 4.79 Å². The van der Waals surface area contributed by atoms with Crippen LogP contribution in [0.3, 0.4) is 0 Å². The molecule has 5 nitrogen and oxygen atoms in total. The highest BCUT2D eigenvalue weighted by Gasteiger charge is 2.06. The van der Waals surface area contributed by atoms with E-state index in [2.05, 4.69) is 40.5 Å². The van der Waals surface area contributed by atoms with Gasteiger partial charge in [0.25, 0.3) is 0 Å². The quantitative estimate of drug-likeness (QED) is 0.660. The van der Waals surface area contributed by atoms with Crippen molar-refractivity contribution in [3.63, 3.8) is 0 Å². The lowest BCUT2D eigenvalue weighted by Crippen LogP contribution is -2.15. The van der Waals surface area contributed by atoms with E-state index >= 15 is 0 Å². The number of anilines is 1. The van der Waals surface area contributed by atoms with E-state index in [9.17, 15) is 4.79 Å². The predicted octanol–water partition coefficient (Wildman–Crippen LogP) is 3.70. The summed E-state index contributed by atoms with van der Waals surface area (Å²) >= 11 is 1.60. The summed E-state index contributed by atoms with van der Waals surface area (Å²) in [6, 6.07) is 14.2. The second kappa shape index (κ2) is 9.20. The van der Waals surface area contributed by atoms with Crippen LogP contribution in [0.4, 0.5) is 5.82 Å². The molecule has 0 atom stereocenters. The Balaban J connectivity index is 1.41. The van der Waals surface area contributed by atoms with Crippen molar-refractivity contribution in [1.29, 1.82) is 0 Å². The molecule has 134 valence electrons. The zero-order chi connectivity index (χ0) is 18.2. The molecule has 0 bridgehead atoms. The van der Waals surface area contributed by atoms with Gasteiger partial charge in [-0.15, -0.1) is 11.8 Å². The highest BCUT2D eigenvalue weighted by atomic mass is 32.2. The standard InChI is InChI=1S/C20H22N4OS/c1-16-3-2-4-18(13-16)14-26-15-20(25)22-19-8-12-24(23-19)11-7-17-5-9-21-10-6-17/h2-6,8-10,12-13H,7,11,14-15H2,1H3,(H,22,23,25). The number of pyridine rings is 1. The van der Waals surface area contributed by atoms with Gasteiger partial charge in [0.15, 0.2) is 5.82 Å². The molecule has 0 aliphatic heterocycles. The van der Waals surface area contributed by atoms with Gasteiger partial charge in [0.05, 0.1) is 5.75 Å². The molecule has 0 unspecified atom stereocenters. The topological polar surface area (TPSA) is 59.8 Å². The van der Waals surface area contributed by atoms with Crippen LogP contribution < -0.4 is 5.32 Å². The smallest absolute Gasteiger partial charge is 0.235 e. The average Bonchev–Trinajstić information content (AvgIpc) is 3.08. The van der Waals surface area contributed by atoms with Crippen molar-refractivity contribution in [3.8, 4) is 0 Å². The Bertz CT molecular complexity index is 848. The zero-order valence-electron chi connectivity index (χ0n) is 14.8. The number of thioether (sulfide) groups is 1. The van der Waals surface area contributed by atoms with E-state index in [1.54, 1.807) is 24.2 Å². The van der Waals surface area contributed by atoms with E-state index < -0.39 is 0 Å². The lowest BCUT2D eigenvalue weighted by Gasteiger charge is -2.04. The number of nitrogens with zero attached hydrogens (tertiary/aromatic N) is 3. The van der Waals surface area contributed by atoms with Crippen LogP contribution in [0.2, 0.25) is 0 Å². The zero-order valence-corrected chi connectivity index (χ0v) is 15.6. The minimum Gasteiger partial charge on any atom is -0.308 e. The second-order valence-electron chi connectivity index (χ2n) is 6.10. The summed E-state index contributed by atoms with van der Waals surface area (Å²) < 4.78 is 1.84. The van der Waals surface area contributed by atoms with E-state index in [-0.39, 0.29) is 5.91 Å². The van der Waals surface area contributed by atoms with Crippen molar-refractivity contribution in [3.05, 3.63) is 77.7 Å². The van der Waals surface area contributed by atoms with Crippen molar-refractivity contribution in [2.24, 2.45) is 0 Å². The first kappa shape index (κ1) is 18.2. The molecule has 0 aliphatic rings. The minimum absolute atomic E-state index is 0.0259. The molecular formula is C20H22N4OS.